The summed E-state index contributed by atoms with van der Waals surface area (Å²) in [5.74, 6) is -0.0474. The van der Waals surface area contributed by atoms with Gasteiger partial charge in [0.1, 0.15) is 11.8 Å². The molecular weight excluding hydrogens is 338 g/mol. The Balaban J connectivity index is 2.15. The van der Waals surface area contributed by atoms with Crippen molar-refractivity contribution >= 4 is 17.6 Å². The van der Waals surface area contributed by atoms with Gasteiger partial charge in [0.05, 0.1) is 13.2 Å². The van der Waals surface area contributed by atoms with Gasteiger partial charge in [0.15, 0.2) is 0 Å². The number of methoxy groups -OCH3 is 1. The second kappa shape index (κ2) is 7.89. The molecule has 1 aliphatic heterocycles. The van der Waals surface area contributed by atoms with Gasteiger partial charge in [-0.15, -0.1) is 0 Å². The van der Waals surface area contributed by atoms with Gasteiger partial charge >= 0.3 is 5.97 Å². The molecule has 0 amide bonds. The van der Waals surface area contributed by atoms with Crippen molar-refractivity contribution in [2.24, 2.45) is 0 Å². The van der Waals surface area contributed by atoms with Crippen LogP contribution in [0.1, 0.15) is 36.4 Å². The number of carbonyl (C=O) groups is 1. The number of nitrogens with zero attached hydrogens (tertiary/aromatic N) is 1. The van der Waals surface area contributed by atoms with Crippen LogP contribution in [0, 0.1) is 0 Å². The third-order valence-corrected chi connectivity index (χ3v) is 5.14. The van der Waals surface area contributed by atoms with E-state index in [-0.39, 0.29) is 6.04 Å². The first-order chi connectivity index (χ1) is 12.1. The molecule has 0 radical (unpaired) electrons. The molecule has 1 aliphatic rings. The average Bonchev–Trinajstić information content (AvgIpc) is 2.64. The smallest absolute Gasteiger partial charge is 0.320 e. The Hall–Kier alpha value is -2.04. The van der Waals surface area contributed by atoms with Crippen molar-refractivity contribution in [1.82, 2.24) is 4.90 Å². The largest absolute Gasteiger partial charge is 0.496 e. The summed E-state index contributed by atoms with van der Waals surface area (Å²) < 4.78 is 5.56. The SMILES string of the molecule is COc1ccccc1C(c1ccccc1Cl)N1CCCCC1C(=O)O. The van der Waals surface area contributed by atoms with Gasteiger partial charge in [-0.3, -0.25) is 9.69 Å². The van der Waals surface area contributed by atoms with Crippen LogP contribution in [0.5, 0.6) is 5.75 Å². The van der Waals surface area contributed by atoms with Crippen molar-refractivity contribution in [3.8, 4) is 5.75 Å². The number of halogens is 1. The Bertz CT molecular complexity index is 749. The van der Waals surface area contributed by atoms with Crippen molar-refractivity contribution in [3.63, 3.8) is 0 Å². The molecule has 1 fully saturated rings. The van der Waals surface area contributed by atoms with Gasteiger partial charge in [-0.05, 0) is 37.1 Å². The van der Waals surface area contributed by atoms with E-state index in [4.69, 9.17) is 16.3 Å². The Morgan fingerprint density at radius 2 is 1.84 bits per heavy atom. The number of benzene rings is 2. The van der Waals surface area contributed by atoms with Gasteiger partial charge in [-0.2, -0.15) is 0 Å². The van der Waals surface area contributed by atoms with Crippen molar-refractivity contribution in [2.75, 3.05) is 13.7 Å². The summed E-state index contributed by atoms with van der Waals surface area (Å²) in [5.41, 5.74) is 1.84. The fourth-order valence-electron chi connectivity index (χ4n) is 3.64. The molecule has 5 heteroatoms. The minimum absolute atomic E-state index is 0.258. The number of piperidine rings is 1. The van der Waals surface area contributed by atoms with E-state index in [2.05, 4.69) is 0 Å². The fraction of sp³-hybridized carbons (Fsp3) is 0.350. The summed E-state index contributed by atoms with van der Waals surface area (Å²) in [6, 6.07) is 14.6. The summed E-state index contributed by atoms with van der Waals surface area (Å²) in [4.78, 5) is 13.9. The number of para-hydroxylation sites is 1. The highest BCUT2D eigenvalue weighted by Gasteiger charge is 2.36. The van der Waals surface area contributed by atoms with Gasteiger partial charge in [0, 0.05) is 10.6 Å². The zero-order valence-electron chi connectivity index (χ0n) is 14.2. The van der Waals surface area contributed by atoms with E-state index in [1.54, 1.807) is 7.11 Å². The monoisotopic (exact) mass is 359 g/mol. The van der Waals surface area contributed by atoms with E-state index in [1.807, 2.05) is 53.4 Å². The summed E-state index contributed by atoms with van der Waals surface area (Å²) in [7, 11) is 1.63. The molecule has 1 N–H and O–H groups in total. The van der Waals surface area contributed by atoms with Crippen LogP contribution in [0.3, 0.4) is 0 Å². The standard InChI is InChI=1S/C20H22ClNO3/c1-25-18-12-5-3-9-15(18)19(14-8-2-4-10-16(14)21)22-13-7-6-11-17(22)20(23)24/h2-5,8-10,12,17,19H,6-7,11,13H2,1H3,(H,23,24). The average molecular weight is 360 g/mol. The van der Waals surface area contributed by atoms with Gasteiger partial charge in [-0.25, -0.2) is 0 Å². The van der Waals surface area contributed by atoms with E-state index in [0.717, 1.165) is 29.7 Å². The number of hydrogen-bond acceptors (Lipinski definition) is 3. The van der Waals surface area contributed by atoms with Crippen LogP contribution in [-0.2, 0) is 4.79 Å². The van der Waals surface area contributed by atoms with Crippen molar-refractivity contribution in [2.45, 2.75) is 31.3 Å². The number of carboxylic acid groups (broad SMARTS) is 1. The Morgan fingerprint density at radius 3 is 2.52 bits per heavy atom. The molecule has 1 heterocycles. The number of hydrogen-bond donors (Lipinski definition) is 1. The maximum Gasteiger partial charge on any atom is 0.320 e. The predicted molar refractivity (Wildman–Crippen MR) is 98.3 cm³/mol. The van der Waals surface area contributed by atoms with Gasteiger partial charge in [0.25, 0.3) is 0 Å². The minimum Gasteiger partial charge on any atom is -0.496 e. The number of likely N-dealkylation sites (tertiary alicyclic amines) is 1. The van der Waals surface area contributed by atoms with Gasteiger partial charge in [-0.1, -0.05) is 54.4 Å². The summed E-state index contributed by atoms with van der Waals surface area (Å²) in [6.45, 7) is 0.713. The van der Waals surface area contributed by atoms with E-state index >= 15 is 0 Å². The van der Waals surface area contributed by atoms with Crippen LogP contribution >= 0.6 is 11.6 Å². The number of carboxylic acids is 1. The molecule has 2 aromatic rings. The topological polar surface area (TPSA) is 49.8 Å². The first-order valence-corrected chi connectivity index (χ1v) is 8.87. The van der Waals surface area contributed by atoms with Crippen molar-refractivity contribution < 1.29 is 14.6 Å². The van der Waals surface area contributed by atoms with Crippen LogP contribution in [0.15, 0.2) is 48.5 Å². The summed E-state index contributed by atoms with van der Waals surface area (Å²) >= 11 is 6.50. The second-order valence-electron chi connectivity index (χ2n) is 6.25. The highest BCUT2D eigenvalue weighted by atomic mass is 35.5. The van der Waals surface area contributed by atoms with Crippen LogP contribution in [0.2, 0.25) is 5.02 Å². The van der Waals surface area contributed by atoms with Crippen LogP contribution in [0.4, 0.5) is 0 Å². The van der Waals surface area contributed by atoms with Crippen molar-refractivity contribution in [3.05, 3.63) is 64.7 Å². The van der Waals surface area contributed by atoms with Crippen molar-refractivity contribution in [1.29, 1.82) is 0 Å². The van der Waals surface area contributed by atoms with E-state index < -0.39 is 12.0 Å². The Kier molecular flexibility index (Phi) is 5.61. The lowest BCUT2D eigenvalue weighted by Crippen LogP contribution is -2.47. The van der Waals surface area contributed by atoms with Gasteiger partial charge < -0.3 is 9.84 Å². The fourth-order valence-corrected chi connectivity index (χ4v) is 3.88. The maximum atomic E-state index is 11.9. The first-order valence-electron chi connectivity index (χ1n) is 8.49. The third-order valence-electron chi connectivity index (χ3n) is 4.79. The van der Waals surface area contributed by atoms with E-state index in [0.29, 0.717) is 18.0 Å². The lowest BCUT2D eigenvalue weighted by molar-refractivity contribution is -0.145. The normalized spacial score (nSPS) is 19.4. The third kappa shape index (κ3) is 3.65. The molecular formula is C20H22ClNO3. The summed E-state index contributed by atoms with van der Waals surface area (Å²) in [6.07, 6.45) is 2.54. The zero-order chi connectivity index (χ0) is 17.8. The zero-order valence-corrected chi connectivity index (χ0v) is 14.9. The Morgan fingerprint density at radius 1 is 1.16 bits per heavy atom. The summed E-state index contributed by atoms with van der Waals surface area (Å²) in [5, 5.41) is 10.4. The highest BCUT2D eigenvalue weighted by molar-refractivity contribution is 6.31. The lowest BCUT2D eigenvalue weighted by atomic mass is 9.91. The maximum absolute atomic E-state index is 11.9. The van der Waals surface area contributed by atoms with E-state index in [9.17, 15) is 9.90 Å². The molecule has 1 saturated heterocycles. The molecule has 0 spiro atoms. The molecule has 0 aromatic heterocycles. The molecule has 3 rings (SSSR count). The molecule has 2 atom stereocenters. The lowest BCUT2D eigenvalue weighted by Gasteiger charge is -2.40. The predicted octanol–water partition coefficient (Wildman–Crippen LogP) is 4.38. The molecule has 0 saturated carbocycles. The number of rotatable bonds is 5. The molecule has 0 bridgehead atoms. The quantitative estimate of drug-likeness (QED) is 0.860. The van der Waals surface area contributed by atoms with Crippen LogP contribution < -0.4 is 4.74 Å². The Labute approximate surface area is 153 Å². The molecule has 4 nitrogen and oxygen atoms in total. The molecule has 25 heavy (non-hydrogen) atoms. The second-order valence-corrected chi connectivity index (χ2v) is 6.66. The first kappa shape index (κ1) is 17.8. The minimum atomic E-state index is -0.786. The number of ether oxygens (including phenoxy) is 1. The molecule has 0 aliphatic carbocycles. The highest BCUT2D eigenvalue weighted by Crippen LogP contribution is 2.40. The van der Waals surface area contributed by atoms with Gasteiger partial charge in [0.2, 0.25) is 0 Å². The molecule has 132 valence electrons. The van der Waals surface area contributed by atoms with Crippen LogP contribution in [0.25, 0.3) is 0 Å². The molecule has 2 unspecified atom stereocenters. The molecule has 2 aromatic carbocycles. The number of aliphatic carboxylic acids is 1. The van der Waals surface area contributed by atoms with Crippen LogP contribution in [-0.4, -0.2) is 35.7 Å². The van der Waals surface area contributed by atoms with E-state index in [1.165, 1.54) is 0 Å².